The second-order valence-electron chi connectivity index (χ2n) is 8.83. The summed E-state index contributed by atoms with van der Waals surface area (Å²) >= 11 is 0. The lowest BCUT2D eigenvalue weighted by Crippen LogP contribution is -2.15. The summed E-state index contributed by atoms with van der Waals surface area (Å²) in [6.45, 7) is 6.76. The third-order valence-electron chi connectivity index (χ3n) is 6.23. The van der Waals surface area contributed by atoms with Crippen molar-refractivity contribution in [3.63, 3.8) is 0 Å². The van der Waals surface area contributed by atoms with E-state index in [0.29, 0.717) is 41.3 Å². The van der Waals surface area contributed by atoms with E-state index >= 15 is 0 Å². The fourth-order valence-electron chi connectivity index (χ4n) is 4.03. The Balaban J connectivity index is 1.44. The molecule has 4 rings (SSSR count). The summed E-state index contributed by atoms with van der Waals surface area (Å²) in [5, 5.41) is 13.2. The van der Waals surface area contributed by atoms with E-state index in [9.17, 15) is 14.0 Å². The zero-order valence-corrected chi connectivity index (χ0v) is 20.4. The second kappa shape index (κ2) is 10.4. The van der Waals surface area contributed by atoms with Crippen LogP contribution < -0.4 is 16.4 Å². The average Bonchev–Trinajstić information content (AvgIpc) is 3.25. The number of hydrogen-bond acceptors (Lipinski definition) is 4. The highest BCUT2D eigenvalue weighted by Gasteiger charge is 2.19. The Morgan fingerprint density at radius 2 is 1.58 bits per heavy atom. The minimum absolute atomic E-state index is 0.323. The average molecular weight is 486 g/mol. The number of nitrogens with one attached hydrogen (secondary N) is 3. The van der Waals surface area contributed by atoms with Gasteiger partial charge in [0, 0.05) is 24.2 Å². The van der Waals surface area contributed by atoms with Crippen LogP contribution in [-0.4, -0.2) is 22.0 Å². The van der Waals surface area contributed by atoms with Crippen LogP contribution in [0.1, 0.15) is 54.2 Å². The Labute approximate surface area is 208 Å². The van der Waals surface area contributed by atoms with Gasteiger partial charge < -0.3 is 16.4 Å². The van der Waals surface area contributed by atoms with E-state index in [0.717, 1.165) is 11.1 Å². The van der Waals surface area contributed by atoms with Gasteiger partial charge in [-0.2, -0.15) is 5.10 Å². The predicted molar refractivity (Wildman–Crippen MR) is 139 cm³/mol. The zero-order valence-electron chi connectivity index (χ0n) is 20.4. The first-order valence-corrected chi connectivity index (χ1v) is 11.5. The molecule has 1 aromatic heterocycles. The van der Waals surface area contributed by atoms with Crippen LogP contribution in [0.5, 0.6) is 0 Å². The summed E-state index contributed by atoms with van der Waals surface area (Å²) in [5.41, 5.74) is 13.2. The molecule has 0 saturated heterocycles. The van der Waals surface area contributed by atoms with Crippen molar-refractivity contribution in [2.75, 3.05) is 10.6 Å². The Kier molecular flexibility index (Phi) is 7.15. The standard InChI is InChI=1S/C28H28FN5O2/c1-16-12-20(13-17(2)18(16)3)15-31-27-25(26(30)35)24(33-34-27)14-19-4-10-23(11-5-19)32-28(36)21-6-8-22(29)9-7-21/h4-13H,14-15H2,1-3H3,(H2,30,35)(H,32,36)(H2,31,33,34). The van der Waals surface area contributed by atoms with Crippen LogP contribution in [0.4, 0.5) is 15.9 Å². The maximum Gasteiger partial charge on any atom is 0.255 e. The van der Waals surface area contributed by atoms with Gasteiger partial charge in [0.2, 0.25) is 0 Å². The van der Waals surface area contributed by atoms with Crippen LogP contribution in [0.3, 0.4) is 0 Å². The summed E-state index contributed by atoms with van der Waals surface area (Å²) in [7, 11) is 0. The number of halogens is 1. The van der Waals surface area contributed by atoms with Gasteiger partial charge in [0.1, 0.15) is 11.4 Å². The molecule has 0 aliphatic carbocycles. The second-order valence-corrected chi connectivity index (χ2v) is 8.83. The number of anilines is 2. The molecule has 184 valence electrons. The normalized spacial score (nSPS) is 10.8. The van der Waals surface area contributed by atoms with E-state index in [2.05, 4.69) is 53.7 Å². The predicted octanol–water partition coefficient (Wildman–Crippen LogP) is 5.03. The number of aromatic nitrogens is 2. The first-order valence-electron chi connectivity index (χ1n) is 11.5. The van der Waals surface area contributed by atoms with Gasteiger partial charge in [0.05, 0.1) is 5.69 Å². The number of carbonyl (C=O) groups excluding carboxylic acids is 2. The summed E-state index contributed by atoms with van der Waals surface area (Å²) in [5.74, 6) is -0.886. The minimum atomic E-state index is -0.569. The number of hydrogen-bond donors (Lipinski definition) is 4. The SMILES string of the molecule is Cc1cc(CNc2n[nH]c(Cc3ccc(NC(=O)c4ccc(F)cc4)cc3)c2C(N)=O)cc(C)c1C. The molecule has 0 spiro atoms. The van der Waals surface area contributed by atoms with E-state index in [4.69, 9.17) is 5.73 Å². The largest absolute Gasteiger partial charge is 0.365 e. The van der Waals surface area contributed by atoms with Crippen LogP contribution in [0, 0.1) is 26.6 Å². The molecule has 2 amide bonds. The number of rotatable bonds is 8. The highest BCUT2D eigenvalue weighted by molar-refractivity contribution is 6.04. The summed E-state index contributed by atoms with van der Waals surface area (Å²) in [4.78, 5) is 24.6. The highest BCUT2D eigenvalue weighted by atomic mass is 19.1. The monoisotopic (exact) mass is 485 g/mol. The molecule has 8 heteroatoms. The number of primary amides is 1. The van der Waals surface area contributed by atoms with Crippen molar-refractivity contribution in [2.24, 2.45) is 5.73 Å². The molecule has 1 heterocycles. The van der Waals surface area contributed by atoms with Crippen molar-refractivity contribution in [1.29, 1.82) is 0 Å². The third-order valence-corrected chi connectivity index (χ3v) is 6.23. The molecule has 4 aromatic rings. The van der Waals surface area contributed by atoms with E-state index < -0.39 is 11.7 Å². The van der Waals surface area contributed by atoms with Crippen molar-refractivity contribution in [3.05, 3.63) is 111 Å². The molecule has 0 fully saturated rings. The summed E-state index contributed by atoms with van der Waals surface area (Å²) in [6.07, 6.45) is 0.405. The van der Waals surface area contributed by atoms with Gasteiger partial charge in [-0.25, -0.2) is 4.39 Å². The first kappa shape index (κ1) is 24.7. The van der Waals surface area contributed by atoms with E-state index in [1.165, 1.54) is 41.0 Å². The Bertz CT molecular complexity index is 1390. The molecule has 0 radical (unpaired) electrons. The number of H-pyrrole nitrogens is 1. The minimum Gasteiger partial charge on any atom is -0.365 e. The number of benzene rings is 3. The molecule has 5 N–H and O–H groups in total. The van der Waals surface area contributed by atoms with Crippen LogP contribution >= 0.6 is 0 Å². The molecule has 36 heavy (non-hydrogen) atoms. The van der Waals surface area contributed by atoms with Crippen molar-refractivity contribution < 1.29 is 14.0 Å². The summed E-state index contributed by atoms with van der Waals surface area (Å²) < 4.78 is 13.1. The van der Waals surface area contributed by atoms with Gasteiger partial charge >= 0.3 is 0 Å². The number of amides is 2. The van der Waals surface area contributed by atoms with Crippen LogP contribution in [-0.2, 0) is 13.0 Å². The molecule has 0 aliphatic rings. The fourth-order valence-corrected chi connectivity index (χ4v) is 4.03. The van der Waals surface area contributed by atoms with Crippen LogP contribution in [0.15, 0.2) is 60.7 Å². The maximum absolute atomic E-state index is 13.1. The van der Waals surface area contributed by atoms with Gasteiger partial charge in [-0.15, -0.1) is 0 Å². The molecular weight excluding hydrogens is 457 g/mol. The topological polar surface area (TPSA) is 113 Å². The van der Waals surface area contributed by atoms with Crippen molar-refractivity contribution in [1.82, 2.24) is 10.2 Å². The quantitative estimate of drug-likeness (QED) is 0.280. The first-order chi connectivity index (χ1) is 17.2. The van der Waals surface area contributed by atoms with Crippen molar-refractivity contribution in [3.8, 4) is 0 Å². The van der Waals surface area contributed by atoms with E-state index in [1.54, 1.807) is 12.1 Å². The molecule has 0 aliphatic heterocycles. The van der Waals surface area contributed by atoms with Gasteiger partial charge in [-0.3, -0.25) is 14.7 Å². The molecule has 0 saturated carbocycles. The molecule has 3 aromatic carbocycles. The Morgan fingerprint density at radius 1 is 0.944 bits per heavy atom. The van der Waals surface area contributed by atoms with Gasteiger partial charge in [0.15, 0.2) is 5.82 Å². The van der Waals surface area contributed by atoms with Gasteiger partial charge in [-0.05, 0) is 85.0 Å². The summed E-state index contributed by atoms with van der Waals surface area (Å²) in [6, 6.07) is 16.8. The highest BCUT2D eigenvalue weighted by Crippen LogP contribution is 2.22. The maximum atomic E-state index is 13.1. The Morgan fingerprint density at radius 3 is 2.19 bits per heavy atom. The fraction of sp³-hybridized carbons (Fsp3) is 0.179. The number of aryl methyl sites for hydroxylation is 2. The number of aromatic amines is 1. The van der Waals surface area contributed by atoms with Gasteiger partial charge in [-0.1, -0.05) is 24.3 Å². The molecule has 0 atom stereocenters. The number of nitrogens with zero attached hydrogens (tertiary/aromatic N) is 1. The Hall–Kier alpha value is -4.46. The van der Waals surface area contributed by atoms with Crippen LogP contribution in [0.25, 0.3) is 0 Å². The molecule has 0 bridgehead atoms. The number of nitrogens with two attached hydrogens (primary N) is 1. The molecule has 0 unspecified atom stereocenters. The molecule has 7 nitrogen and oxygen atoms in total. The zero-order chi connectivity index (χ0) is 25.8. The lowest BCUT2D eigenvalue weighted by atomic mass is 10.0. The lowest BCUT2D eigenvalue weighted by molar-refractivity contribution is 0.0997. The molecular formula is C28H28FN5O2. The van der Waals surface area contributed by atoms with E-state index in [-0.39, 0.29) is 5.91 Å². The smallest absolute Gasteiger partial charge is 0.255 e. The van der Waals surface area contributed by atoms with Crippen LogP contribution in [0.2, 0.25) is 0 Å². The van der Waals surface area contributed by atoms with Gasteiger partial charge in [0.25, 0.3) is 11.8 Å². The van der Waals surface area contributed by atoms with Crippen molar-refractivity contribution in [2.45, 2.75) is 33.7 Å². The third kappa shape index (κ3) is 5.60. The van der Waals surface area contributed by atoms with E-state index in [1.807, 2.05) is 12.1 Å². The number of carbonyl (C=O) groups is 2. The van der Waals surface area contributed by atoms with Crippen molar-refractivity contribution >= 4 is 23.3 Å². The lowest BCUT2D eigenvalue weighted by Gasteiger charge is -2.10.